The van der Waals surface area contributed by atoms with Crippen LogP contribution in [0.25, 0.3) is 0 Å². The molecule has 2 atom stereocenters. The number of nitrogens with two attached hydrogens (primary N) is 1. The fraction of sp³-hybridized carbons (Fsp3) is 0.571. The summed E-state index contributed by atoms with van der Waals surface area (Å²) in [5.74, 6) is 0. The molecule has 0 bridgehead atoms. The van der Waals surface area contributed by atoms with Gasteiger partial charge in [0, 0.05) is 25.7 Å². The molecule has 1 saturated heterocycles. The van der Waals surface area contributed by atoms with Gasteiger partial charge < -0.3 is 10.5 Å². The third-order valence-electron chi connectivity index (χ3n) is 3.38. The molecule has 1 aromatic rings. The predicted octanol–water partition coefficient (Wildman–Crippen LogP) is 1.62. The van der Waals surface area contributed by atoms with Crippen LogP contribution >= 0.6 is 0 Å². The van der Waals surface area contributed by atoms with Crippen molar-refractivity contribution in [2.24, 2.45) is 5.73 Å². The van der Waals surface area contributed by atoms with Crippen molar-refractivity contribution in [3.05, 3.63) is 35.9 Å². The minimum atomic E-state index is 0.161. The van der Waals surface area contributed by atoms with E-state index in [0.717, 1.165) is 32.7 Å². The van der Waals surface area contributed by atoms with E-state index in [-0.39, 0.29) is 12.1 Å². The molecule has 94 valence electrons. The molecule has 1 aliphatic rings. The van der Waals surface area contributed by atoms with Crippen LogP contribution in [0.1, 0.15) is 18.9 Å². The summed E-state index contributed by atoms with van der Waals surface area (Å²) in [6.45, 7) is 5.86. The standard InChI is InChI=1S/C14H22N2O/c1-2-13(15)14-11-16(8-9-17-14)10-12-6-4-3-5-7-12/h3-7,13-14H,2,8-11,15H2,1H3/t13-,14-/m0/s1. The highest BCUT2D eigenvalue weighted by atomic mass is 16.5. The van der Waals surface area contributed by atoms with Gasteiger partial charge in [-0.3, -0.25) is 4.90 Å². The van der Waals surface area contributed by atoms with Crippen molar-refractivity contribution >= 4 is 0 Å². The molecule has 0 unspecified atom stereocenters. The van der Waals surface area contributed by atoms with Gasteiger partial charge in [0.2, 0.25) is 0 Å². The number of rotatable bonds is 4. The van der Waals surface area contributed by atoms with Crippen LogP contribution in [0.4, 0.5) is 0 Å². The average Bonchev–Trinajstić information content (AvgIpc) is 2.39. The van der Waals surface area contributed by atoms with Crippen molar-refractivity contribution in [1.29, 1.82) is 0 Å². The monoisotopic (exact) mass is 234 g/mol. The van der Waals surface area contributed by atoms with Crippen LogP contribution in [0.5, 0.6) is 0 Å². The Bertz CT molecular complexity index is 328. The number of hydrogen-bond acceptors (Lipinski definition) is 3. The first-order valence-electron chi connectivity index (χ1n) is 6.43. The van der Waals surface area contributed by atoms with E-state index in [4.69, 9.17) is 10.5 Å². The highest BCUT2D eigenvalue weighted by Crippen LogP contribution is 2.13. The summed E-state index contributed by atoms with van der Waals surface area (Å²) in [7, 11) is 0. The van der Waals surface area contributed by atoms with E-state index < -0.39 is 0 Å². The van der Waals surface area contributed by atoms with E-state index in [1.54, 1.807) is 0 Å². The summed E-state index contributed by atoms with van der Waals surface area (Å²) in [4.78, 5) is 2.43. The number of nitrogens with zero attached hydrogens (tertiary/aromatic N) is 1. The second kappa shape index (κ2) is 6.15. The Labute approximate surface area is 104 Å². The summed E-state index contributed by atoms with van der Waals surface area (Å²) in [5, 5.41) is 0. The summed E-state index contributed by atoms with van der Waals surface area (Å²) < 4.78 is 5.73. The lowest BCUT2D eigenvalue weighted by molar-refractivity contribution is -0.0434. The molecule has 17 heavy (non-hydrogen) atoms. The van der Waals surface area contributed by atoms with Gasteiger partial charge in [0.1, 0.15) is 0 Å². The smallest absolute Gasteiger partial charge is 0.0853 e. The summed E-state index contributed by atoms with van der Waals surface area (Å²) >= 11 is 0. The Balaban J connectivity index is 1.89. The lowest BCUT2D eigenvalue weighted by Crippen LogP contribution is -2.50. The largest absolute Gasteiger partial charge is 0.374 e. The van der Waals surface area contributed by atoms with Gasteiger partial charge in [0.05, 0.1) is 12.7 Å². The lowest BCUT2D eigenvalue weighted by Gasteiger charge is -2.35. The Hall–Kier alpha value is -0.900. The molecule has 1 aromatic carbocycles. The molecule has 1 heterocycles. The first kappa shape index (κ1) is 12.6. The van der Waals surface area contributed by atoms with Crippen LogP contribution in [-0.4, -0.2) is 36.7 Å². The molecule has 0 aromatic heterocycles. The predicted molar refractivity (Wildman–Crippen MR) is 69.7 cm³/mol. The van der Waals surface area contributed by atoms with Crippen molar-refractivity contribution in [3.8, 4) is 0 Å². The lowest BCUT2D eigenvalue weighted by atomic mass is 10.1. The fourth-order valence-electron chi connectivity index (χ4n) is 2.24. The van der Waals surface area contributed by atoms with Crippen molar-refractivity contribution in [2.75, 3.05) is 19.7 Å². The van der Waals surface area contributed by atoms with Crippen LogP contribution < -0.4 is 5.73 Å². The van der Waals surface area contributed by atoms with Crippen molar-refractivity contribution in [2.45, 2.75) is 32.0 Å². The zero-order valence-electron chi connectivity index (χ0n) is 10.5. The number of morpholine rings is 1. The fourth-order valence-corrected chi connectivity index (χ4v) is 2.24. The molecule has 0 amide bonds. The van der Waals surface area contributed by atoms with Gasteiger partial charge in [0.25, 0.3) is 0 Å². The molecule has 1 fully saturated rings. The second-order valence-electron chi connectivity index (χ2n) is 4.70. The maximum atomic E-state index is 6.05. The summed E-state index contributed by atoms with van der Waals surface area (Å²) in [5.41, 5.74) is 7.41. The van der Waals surface area contributed by atoms with Crippen molar-refractivity contribution in [3.63, 3.8) is 0 Å². The zero-order valence-corrected chi connectivity index (χ0v) is 10.5. The topological polar surface area (TPSA) is 38.5 Å². The normalized spacial score (nSPS) is 23.5. The molecule has 2 rings (SSSR count). The van der Waals surface area contributed by atoms with E-state index in [0.29, 0.717) is 0 Å². The molecule has 0 radical (unpaired) electrons. The molecule has 3 nitrogen and oxygen atoms in total. The van der Waals surface area contributed by atoms with Crippen LogP contribution in [0.3, 0.4) is 0 Å². The van der Waals surface area contributed by atoms with E-state index in [9.17, 15) is 0 Å². The van der Waals surface area contributed by atoms with E-state index in [1.807, 2.05) is 0 Å². The van der Waals surface area contributed by atoms with Crippen molar-refractivity contribution in [1.82, 2.24) is 4.90 Å². The summed E-state index contributed by atoms with van der Waals surface area (Å²) in [6, 6.07) is 10.7. The SMILES string of the molecule is CC[C@H](N)[C@@H]1CN(Cc2ccccc2)CCO1. The molecule has 3 heteroatoms. The highest BCUT2D eigenvalue weighted by molar-refractivity contribution is 5.14. The highest BCUT2D eigenvalue weighted by Gasteiger charge is 2.24. The summed E-state index contributed by atoms with van der Waals surface area (Å²) in [6.07, 6.45) is 1.17. The van der Waals surface area contributed by atoms with Gasteiger partial charge >= 0.3 is 0 Å². The second-order valence-corrected chi connectivity index (χ2v) is 4.70. The molecule has 0 saturated carbocycles. The van der Waals surface area contributed by atoms with Crippen LogP contribution in [0.2, 0.25) is 0 Å². The molecular weight excluding hydrogens is 212 g/mol. The number of hydrogen-bond donors (Lipinski definition) is 1. The molecule has 0 aliphatic carbocycles. The van der Waals surface area contributed by atoms with Gasteiger partial charge in [-0.25, -0.2) is 0 Å². The van der Waals surface area contributed by atoms with Crippen LogP contribution in [-0.2, 0) is 11.3 Å². The van der Waals surface area contributed by atoms with Gasteiger partial charge in [-0.1, -0.05) is 37.3 Å². The minimum absolute atomic E-state index is 0.161. The van der Waals surface area contributed by atoms with Crippen LogP contribution in [0, 0.1) is 0 Å². The Morgan fingerprint density at radius 3 is 2.88 bits per heavy atom. The maximum Gasteiger partial charge on any atom is 0.0853 e. The van der Waals surface area contributed by atoms with Gasteiger partial charge in [-0.05, 0) is 12.0 Å². The average molecular weight is 234 g/mol. The minimum Gasteiger partial charge on any atom is -0.374 e. The molecular formula is C14H22N2O. The van der Waals surface area contributed by atoms with E-state index in [2.05, 4.69) is 42.2 Å². The van der Waals surface area contributed by atoms with Gasteiger partial charge in [0.15, 0.2) is 0 Å². The number of benzene rings is 1. The first-order valence-corrected chi connectivity index (χ1v) is 6.43. The molecule has 0 spiro atoms. The van der Waals surface area contributed by atoms with Crippen molar-refractivity contribution < 1.29 is 4.74 Å². The third-order valence-corrected chi connectivity index (χ3v) is 3.38. The van der Waals surface area contributed by atoms with E-state index in [1.165, 1.54) is 5.56 Å². The Morgan fingerprint density at radius 2 is 2.18 bits per heavy atom. The first-order chi connectivity index (χ1) is 8.29. The van der Waals surface area contributed by atoms with Crippen LogP contribution in [0.15, 0.2) is 30.3 Å². The van der Waals surface area contributed by atoms with Gasteiger partial charge in [-0.15, -0.1) is 0 Å². The molecule has 2 N–H and O–H groups in total. The quantitative estimate of drug-likeness (QED) is 0.860. The zero-order chi connectivity index (χ0) is 12.1. The third kappa shape index (κ3) is 3.53. The molecule has 1 aliphatic heterocycles. The number of ether oxygens (including phenoxy) is 1. The Kier molecular flexibility index (Phi) is 4.54. The van der Waals surface area contributed by atoms with E-state index >= 15 is 0 Å². The van der Waals surface area contributed by atoms with Gasteiger partial charge in [-0.2, -0.15) is 0 Å². The Morgan fingerprint density at radius 1 is 1.41 bits per heavy atom. The maximum absolute atomic E-state index is 6.05.